The smallest absolute Gasteiger partial charge is 0.410 e. The topological polar surface area (TPSA) is 83.9 Å². The lowest BCUT2D eigenvalue weighted by Gasteiger charge is -2.26. The molecule has 6 nitrogen and oxygen atoms in total. The predicted octanol–water partition coefficient (Wildman–Crippen LogP) is 1.09. The van der Waals surface area contributed by atoms with E-state index in [2.05, 4.69) is 4.74 Å². The van der Waals surface area contributed by atoms with E-state index in [4.69, 9.17) is 4.55 Å². The number of ether oxygens (including phenoxy) is 1. The highest BCUT2D eigenvalue weighted by Gasteiger charge is 2.45. The Kier molecular flexibility index (Phi) is 4.26. The lowest BCUT2D eigenvalue weighted by molar-refractivity contribution is -0.00462. The van der Waals surface area contributed by atoms with E-state index in [-0.39, 0.29) is 0 Å². The second-order valence-electron chi connectivity index (χ2n) is 3.71. The number of alkyl halides is 2. The molecule has 1 N–H and O–H groups in total. The van der Waals surface area contributed by atoms with Crippen LogP contribution in [0.2, 0.25) is 0 Å². The molecule has 1 heterocycles. The first-order valence-electron chi connectivity index (χ1n) is 5.00. The van der Waals surface area contributed by atoms with Crippen LogP contribution in [0.5, 0.6) is 0 Å². The third-order valence-electron chi connectivity index (χ3n) is 2.36. The van der Waals surface area contributed by atoms with Crippen LogP contribution in [0.25, 0.3) is 0 Å². The van der Waals surface area contributed by atoms with E-state index in [9.17, 15) is 22.0 Å². The number of hydrogen-bond acceptors (Lipinski definition) is 4. The molecular formula is C8H13F2NO5S. The molecule has 0 radical (unpaired) electrons. The Labute approximate surface area is 97.3 Å². The quantitative estimate of drug-likeness (QED) is 0.778. The molecule has 0 spiro atoms. The summed E-state index contributed by atoms with van der Waals surface area (Å²) in [5, 5.41) is -4.47. The zero-order valence-electron chi connectivity index (χ0n) is 8.93. The maximum absolute atomic E-state index is 12.7. The molecule has 0 atom stereocenters. The van der Waals surface area contributed by atoms with Gasteiger partial charge in [0, 0.05) is 13.1 Å². The zero-order valence-corrected chi connectivity index (χ0v) is 9.75. The largest absolute Gasteiger partial charge is 0.442 e. The van der Waals surface area contributed by atoms with Crippen LogP contribution in [0.3, 0.4) is 0 Å². The van der Waals surface area contributed by atoms with Crippen molar-refractivity contribution in [3.63, 3.8) is 0 Å². The van der Waals surface area contributed by atoms with Gasteiger partial charge in [0.1, 0.15) is 0 Å². The molecule has 0 bridgehead atoms. The third-order valence-corrected chi connectivity index (χ3v) is 3.23. The van der Waals surface area contributed by atoms with E-state index in [0.717, 1.165) is 19.3 Å². The van der Waals surface area contributed by atoms with Gasteiger partial charge in [-0.2, -0.15) is 17.2 Å². The number of rotatable bonds is 3. The van der Waals surface area contributed by atoms with Gasteiger partial charge >= 0.3 is 21.5 Å². The average Bonchev–Trinajstić information content (AvgIpc) is 2.25. The van der Waals surface area contributed by atoms with Crippen molar-refractivity contribution in [2.24, 2.45) is 0 Å². The van der Waals surface area contributed by atoms with Gasteiger partial charge in [0.2, 0.25) is 0 Å². The first-order chi connectivity index (χ1) is 7.74. The number of piperidine rings is 1. The molecule has 1 rings (SSSR count). The minimum Gasteiger partial charge on any atom is -0.442 e. The Morgan fingerprint density at radius 1 is 1.29 bits per heavy atom. The average molecular weight is 273 g/mol. The van der Waals surface area contributed by atoms with Crippen LogP contribution >= 0.6 is 0 Å². The van der Waals surface area contributed by atoms with Crippen LogP contribution in [-0.2, 0) is 14.9 Å². The first-order valence-corrected chi connectivity index (χ1v) is 6.44. The molecule has 0 saturated carbocycles. The molecule has 9 heteroatoms. The minimum absolute atomic E-state index is 0.399. The van der Waals surface area contributed by atoms with E-state index < -0.39 is 28.1 Å². The molecule has 0 aromatic carbocycles. The SMILES string of the molecule is O=C(OCC(F)(F)S(=O)(=O)O)N1CCCCC1. The Bertz CT molecular complexity index is 377. The summed E-state index contributed by atoms with van der Waals surface area (Å²) in [7, 11) is -5.56. The molecule has 1 aliphatic heterocycles. The standard InChI is InChI=1S/C8H13F2NO5S/c9-8(10,17(13,14)15)6-16-7(12)11-4-2-1-3-5-11/h1-6H2,(H,13,14,15). The summed E-state index contributed by atoms with van der Waals surface area (Å²) >= 11 is 0. The van der Waals surface area contributed by atoms with E-state index >= 15 is 0 Å². The van der Waals surface area contributed by atoms with Crippen LogP contribution in [0, 0.1) is 0 Å². The van der Waals surface area contributed by atoms with Crippen molar-refractivity contribution in [3.05, 3.63) is 0 Å². The van der Waals surface area contributed by atoms with Gasteiger partial charge in [0.05, 0.1) is 0 Å². The first kappa shape index (κ1) is 14.1. The minimum atomic E-state index is -5.56. The summed E-state index contributed by atoms with van der Waals surface area (Å²) in [6.45, 7) is -0.881. The third kappa shape index (κ3) is 3.77. The number of carbonyl (C=O) groups excluding carboxylic acids is 1. The Morgan fingerprint density at radius 3 is 2.29 bits per heavy atom. The van der Waals surface area contributed by atoms with Crippen molar-refractivity contribution >= 4 is 16.2 Å². The van der Waals surface area contributed by atoms with Crippen LogP contribution in [0.15, 0.2) is 0 Å². The summed E-state index contributed by atoms with van der Waals surface area (Å²) in [6.07, 6.45) is 1.46. The van der Waals surface area contributed by atoms with Crippen LogP contribution in [0.4, 0.5) is 13.6 Å². The number of carbonyl (C=O) groups is 1. The molecule has 0 aromatic rings. The predicted molar refractivity (Wildman–Crippen MR) is 53.3 cm³/mol. The number of amides is 1. The van der Waals surface area contributed by atoms with Crippen molar-refractivity contribution in [3.8, 4) is 0 Å². The molecule has 0 aliphatic carbocycles. The number of nitrogens with zero attached hydrogens (tertiary/aromatic N) is 1. The molecule has 1 saturated heterocycles. The van der Waals surface area contributed by atoms with Crippen LogP contribution in [0.1, 0.15) is 19.3 Å². The van der Waals surface area contributed by atoms with Gasteiger partial charge in [-0.25, -0.2) is 4.79 Å². The molecule has 1 amide bonds. The fourth-order valence-corrected chi connectivity index (χ4v) is 1.60. The second-order valence-corrected chi connectivity index (χ2v) is 5.26. The van der Waals surface area contributed by atoms with Crippen LogP contribution < -0.4 is 0 Å². The normalized spacial score (nSPS) is 17.9. The number of likely N-dealkylation sites (tertiary alicyclic amines) is 1. The second kappa shape index (κ2) is 5.13. The Hall–Kier alpha value is -0.960. The Morgan fingerprint density at radius 2 is 1.82 bits per heavy atom. The van der Waals surface area contributed by atoms with Crippen molar-refractivity contribution in [2.75, 3.05) is 19.7 Å². The molecule has 0 aromatic heterocycles. The molecule has 1 aliphatic rings. The maximum atomic E-state index is 12.7. The Balaban J connectivity index is 2.47. The summed E-state index contributed by atoms with van der Waals surface area (Å²) < 4.78 is 58.3. The number of hydrogen-bond donors (Lipinski definition) is 1. The van der Waals surface area contributed by atoms with E-state index in [1.54, 1.807) is 0 Å². The number of halogens is 2. The van der Waals surface area contributed by atoms with Gasteiger partial charge < -0.3 is 9.64 Å². The molecule has 100 valence electrons. The summed E-state index contributed by atoms with van der Waals surface area (Å²) in [4.78, 5) is 12.5. The van der Waals surface area contributed by atoms with Gasteiger partial charge in [0.25, 0.3) is 0 Å². The fourth-order valence-electron chi connectivity index (χ4n) is 1.39. The molecule has 17 heavy (non-hydrogen) atoms. The van der Waals surface area contributed by atoms with Crippen molar-refractivity contribution in [1.29, 1.82) is 0 Å². The van der Waals surface area contributed by atoms with E-state index in [1.165, 1.54) is 4.90 Å². The molecule has 0 unspecified atom stereocenters. The van der Waals surface area contributed by atoms with E-state index in [1.807, 2.05) is 0 Å². The fraction of sp³-hybridized carbons (Fsp3) is 0.875. The summed E-state index contributed by atoms with van der Waals surface area (Å²) in [5.74, 6) is 0. The van der Waals surface area contributed by atoms with Gasteiger partial charge in [-0.05, 0) is 19.3 Å². The van der Waals surface area contributed by atoms with Crippen molar-refractivity contribution < 1.29 is 31.3 Å². The summed E-state index contributed by atoms with van der Waals surface area (Å²) in [6, 6.07) is 0. The molecular weight excluding hydrogens is 260 g/mol. The lowest BCUT2D eigenvalue weighted by Crippen LogP contribution is -2.40. The summed E-state index contributed by atoms with van der Waals surface area (Å²) in [5.41, 5.74) is 0. The highest BCUT2D eigenvalue weighted by Crippen LogP contribution is 2.21. The highest BCUT2D eigenvalue weighted by atomic mass is 32.2. The van der Waals surface area contributed by atoms with Gasteiger partial charge in [-0.3, -0.25) is 4.55 Å². The molecule has 1 fully saturated rings. The lowest BCUT2D eigenvalue weighted by atomic mass is 10.1. The van der Waals surface area contributed by atoms with E-state index in [0.29, 0.717) is 13.1 Å². The zero-order chi connectivity index (χ0) is 13.1. The van der Waals surface area contributed by atoms with Gasteiger partial charge in [-0.1, -0.05) is 0 Å². The van der Waals surface area contributed by atoms with Crippen molar-refractivity contribution in [1.82, 2.24) is 4.90 Å². The van der Waals surface area contributed by atoms with Crippen LogP contribution in [-0.4, -0.2) is 48.9 Å². The van der Waals surface area contributed by atoms with Gasteiger partial charge in [-0.15, -0.1) is 0 Å². The van der Waals surface area contributed by atoms with Crippen molar-refractivity contribution in [2.45, 2.75) is 24.5 Å². The van der Waals surface area contributed by atoms with Gasteiger partial charge in [0.15, 0.2) is 6.61 Å². The maximum Gasteiger partial charge on any atom is 0.410 e. The highest BCUT2D eigenvalue weighted by molar-refractivity contribution is 7.86. The monoisotopic (exact) mass is 273 g/mol.